The Kier molecular flexibility index (Phi) is 6.04. The highest BCUT2D eigenvalue weighted by molar-refractivity contribution is 7.98. The fraction of sp³-hybridized carbons (Fsp3) is 0.417. The first-order chi connectivity index (χ1) is 8.15. The monoisotopic (exact) mass is 253 g/mol. The third-order valence-corrected chi connectivity index (χ3v) is 3.32. The van der Waals surface area contributed by atoms with E-state index < -0.39 is 0 Å². The zero-order valence-corrected chi connectivity index (χ0v) is 11.1. The van der Waals surface area contributed by atoms with E-state index in [1.165, 1.54) is 0 Å². The average Bonchev–Trinajstić information content (AvgIpc) is 2.34. The molecule has 1 aromatic rings. The first kappa shape index (κ1) is 14.0. The predicted molar refractivity (Wildman–Crippen MR) is 72.8 cm³/mol. The Morgan fingerprint density at radius 2 is 2.12 bits per heavy atom. The Morgan fingerprint density at radius 1 is 1.41 bits per heavy atom. The van der Waals surface area contributed by atoms with Gasteiger partial charge in [-0.25, -0.2) is 5.84 Å². The number of hydrogen-bond donors (Lipinski definition) is 2. The van der Waals surface area contributed by atoms with E-state index in [4.69, 9.17) is 5.84 Å². The second-order valence-corrected chi connectivity index (χ2v) is 5.09. The molecule has 0 aliphatic rings. The van der Waals surface area contributed by atoms with Crippen LogP contribution >= 0.6 is 11.8 Å². The summed E-state index contributed by atoms with van der Waals surface area (Å²) in [6, 6.07) is 7.55. The molecule has 0 spiro atoms. The molecule has 0 saturated heterocycles. The van der Waals surface area contributed by atoms with Crippen molar-refractivity contribution < 1.29 is 4.79 Å². The zero-order chi connectivity index (χ0) is 12.7. The minimum Gasteiger partial charge on any atom is -0.309 e. The van der Waals surface area contributed by atoms with Crippen LogP contribution in [0.3, 0.4) is 0 Å². The highest BCUT2D eigenvalue weighted by atomic mass is 32.2. The summed E-state index contributed by atoms with van der Waals surface area (Å²) in [5, 5.41) is 0. The molecule has 0 saturated carbocycles. The van der Waals surface area contributed by atoms with Gasteiger partial charge >= 0.3 is 0 Å². The van der Waals surface area contributed by atoms with Crippen molar-refractivity contribution in [3.05, 3.63) is 35.4 Å². The Morgan fingerprint density at radius 3 is 2.76 bits per heavy atom. The largest absolute Gasteiger partial charge is 0.309 e. The highest BCUT2D eigenvalue weighted by Gasteiger charge is 2.08. The summed E-state index contributed by atoms with van der Waals surface area (Å²) in [4.78, 5) is 13.7. The van der Waals surface area contributed by atoms with Crippen LogP contribution in [0.4, 0.5) is 0 Å². The normalized spacial score (nSPS) is 10.6. The maximum absolute atomic E-state index is 11.5. The SMILES string of the molecule is CN(C)CCSCc1ccccc1C(=O)NN. The Balaban J connectivity index is 2.55. The lowest BCUT2D eigenvalue weighted by atomic mass is 10.1. The summed E-state index contributed by atoms with van der Waals surface area (Å²) in [6.45, 7) is 1.04. The van der Waals surface area contributed by atoms with Gasteiger partial charge in [0, 0.05) is 23.6 Å². The van der Waals surface area contributed by atoms with Crippen molar-refractivity contribution >= 4 is 17.7 Å². The van der Waals surface area contributed by atoms with Crippen molar-refractivity contribution in [1.29, 1.82) is 0 Å². The maximum Gasteiger partial charge on any atom is 0.265 e. The number of nitrogens with zero attached hydrogens (tertiary/aromatic N) is 1. The van der Waals surface area contributed by atoms with E-state index in [9.17, 15) is 4.79 Å². The number of nitrogens with two attached hydrogens (primary N) is 1. The molecule has 0 unspecified atom stereocenters. The Bertz CT molecular complexity index is 369. The van der Waals surface area contributed by atoms with Crippen LogP contribution in [0.15, 0.2) is 24.3 Å². The number of nitrogen functional groups attached to an aromatic ring is 1. The van der Waals surface area contributed by atoms with E-state index in [-0.39, 0.29) is 5.91 Å². The molecule has 0 aliphatic heterocycles. The Hall–Kier alpha value is -1.04. The van der Waals surface area contributed by atoms with Crippen LogP contribution in [0.25, 0.3) is 0 Å². The van der Waals surface area contributed by atoms with Gasteiger partial charge in [0.2, 0.25) is 0 Å². The second-order valence-electron chi connectivity index (χ2n) is 3.99. The van der Waals surface area contributed by atoms with Crippen LogP contribution in [0.2, 0.25) is 0 Å². The van der Waals surface area contributed by atoms with Crippen LogP contribution in [0, 0.1) is 0 Å². The molecule has 0 atom stereocenters. The number of carbonyl (C=O) groups excluding carboxylic acids is 1. The molecule has 3 N–H and O–H groups in total. The van der Waals surface area contributed by atoms with E-state index in [0.717, 1.165) is 23.6 Å². The van der Waals surface area contributed by atoms with E-state index in [1.54, 1.807) is 6.07 Å². The highest BCUT2D eigenvalue weighted by Crippen LogP contribution is 2.16. The minimum absolute atomic E-state index is 0.228. The summed E-state index contributed by atoms with van der Waals surface area (Å²) in [5.74, 6) is 6.80. The van der Waals surface area contributed by atoms with Gasteiger partial charge in [-0.3, -0.25) is 10.2 Å². The third kappa shape index (κ3) is 4.77. The second kappa shape index (κ2) is 7.32. The van der Waals surface area contributed by atoms with Crippen LogP contribution in [0.5, 0.6) is 0 Å². The summed E-state index contributed by atoms with van der Waals surface area (Å²) in [5.41, 5.74) is 3.86. The number of rotatable bonds is 6. The molecule has 1 rings (SSSR count). The topological polar surface area (TPSA) is 58.4 Å². The maximum atomic E-state index is 11.5. The van der Waals surface area contributed by atoms with Crippen LogP contribution in [-0.4, -0.2) is 37.2 Å². The summed E-state index contributed by atoms with van der Waals surface area (Å²) in [7, 11) is 4.10. The van der Waals surface area contributed by atoms with Crippen LogP contribution < -0.4 is 11.3 Å². The number of hydrazine groups is 1. The minimum atomic E-state index is -0.228. The molecular formula is C12H19N3OS. The standard InChI is InChI=1S/C12H19N3OS/c1-15(2)7-8-17-9-10-5-3-4-6-11(10)12(16)14-13/h3-6H,7-9,13H2,1-2H3,(H,14,16). The summed E-state index contributed by atoms with van der Waals surface area (Å²) < 4.78 is 0. The molecule has 4 nitrogen and oxygen atoms in total. The molecule has 0 aromatic heterocycles. The van der Waals surface area contributed by atoms with Crippen molar-refractivity contribution in [2.75, 3.05) is 26.4 Å². The first-order valence-corrected chi connectivity index (χ1v) is 6.62. The molecule has 0 fully saturated rings. The quantitative estimate of drug-likeness (QED) is 0.345. The van der Waals surface area contributed by atoms with Gasteiger partial charge in [-0.05, 0) is 25.7 Å². The zero-order valence-electron chi connectivity index (χ0n) is 10.3. The molecule has 1 aromatic carbocycles. The van der Waals surface area contributed by atoms with Gasteiger partial charge in [0.25, 0.3) is 5.91 Å². The fourth-order valence-electron chi connectivity index (χ4n) is 1.37. The summed E-state index contributed by atoms with van der Waals surface area (Å²) in [6.07, 6.45) is 0. The lowest BCUT2D eigenvalue weighted by molar-refractivity contribution is 0.0953. The third-order valence-electron chi connectivity index (χ3n) is 2.33. The molecule has 0 radical (unpaired) electrons. The van der Waals surface area contributed by atoms with Gasteiger partial charge < -0.3 is 4.90 Å². The molecule has 5 heteroatoms. The lowest BCUT2D eigenvalue weighted by Crippen LogP contribution is -2.30. The molecule has 17 heavy (non-hydrogen) atoms. The molecule has 0 aliphatic carbocycles. The number of benzene rings is 1. The number of nitrogens with one attached hydrogen (secondary N) is 1. The first-order valence-electron chi connectivity index (χ1n) is 5.46. The van der Waals surface area contributed by atoms with Gasteiger partial charge in [0.05, 0.1) is 0 Å². The number of hydrogen-bond acceptors (Lipinski definition) is 4. The fourth-order valence-corrected chi connectivity index (χ4v) is 2.48. The van der Waals surface area contributed by atoms with Crippen molar-refractivity contribution in [1.82, 2.24) is 10.3 Å². The van der Waals surface area contributed by atoms with Gasteiger partial charge in [0.1, 0.15) is 0 Å². The van der Waals surface area contributed by atoms with E-state index in [1.807, 2.05) is 30.0 Å². The van der Waals surface area contributed by atoms with E-state index in [0.29, 0.717) is 5.56 Å². The molecule has 94 valence electrons. The number of carbonyl (C=O) groups is 1. The van der Waals surface area contributed by atoms with Crippen molar-refractivity contribution in [2.45, 2.75) is 5.75 Å². The molecule has 1 amide bonds. The molecule has 0 heterocycles. The van der Waals surface area contributed by atoms with Gasteiger partial charge in [-0.1, -0.05) is 18.2 Å². The number of amides is 1. The van der Waals surface area contributed by atoms with Crippen molar-refractivity contribution in [3.63, 3.8) is 0 Å². The van der Waals surface area contributed by atoms with Crippen molar-refractivity contribution in [3.8, 4) is 0 Å². The van der Waals surface area contributed by atoms with Gasteiger partial charge in [-0.2, -0.15) is 11.8 Å². The van der Waals surface area contributed by atoms with Crippen LogP contribution in [0.1, 0.15) is 15.9 Å². The Labute approximate surface area is 107 Å². The van der Waals surface area contributed by atoms with Gasteiger partial charge in [0.15, 0.2) is 0 Å². The van der Waals surface area contributed by atoms with Crippen molar-refractivity contribution in [2.24, 2.45) is 5.84 Å². The number of thioether (sulfide) groups is 1. The summed E-state index contributed by atoms with van der Waals surface area (Å²) >= 11 is 1.81. The smallest absolute Gasteiger partial charge is 0.265 e. The van der Waals surface area contributed by atoms with E-state index >= 15 is 0 Å². The molecular weight excluding hydrogens is 234 g/mol. The van der Waals surface area contributed by atoms with Gasteiger partial charge in [-0.15, -0.1) is 0 Å². The predicted octanol–water partition coefficient (Wildman–Crippen LogP) is 1.08. The molecule has 0 bridgehead atoms. The lowest BCUT2D eigenvalue weighted by Gasteiger charge is -2.10. The van der Waals surface area contributed by atoms with E-state index in [2.05, 4.69) is 24.4 Å². The van der Waals surface area contributed by atoms with Crippen LogP contribution in [-0.2, 0) is 5.75 Å². The average molecular weight is 253 g/mol.